The normalized spacial score (nSPS) is 17.8. The van der Waals surface area contributed by atoms with Gasteiger partial charge in [0, 0.05) is 31.0 Å². The first-order valence-electron chi connectivity index (χ1n) is 8.02. The van der Waals surface area contributed by atoms with Gasteiger partial charge in [-0.25, -0.2) is 0 Å². The van der Waals surface area contributed by atoms with Crippen LogP contribution in [-0.4, -0.2) is 30.1 Å². The highest BCUT2D eigenvalue weighted by Crippen LogP contribution is 2.32. The maximum absolute atomic E-state index is 12.0. The van der Waals surface area contributed by atoms with Gasteiger partial charge in [-0.2, -0.15) is 0 Å². The number of aliphatic carboxylic acids is 1. The number of hydrogen-bond donors (Lipinski definition) is 2. The van der Waals surface area contributed by atoms with Crippen LogP contribution >= 0.6 is 11.6 Å². The molecule has 1 aliphatic heterocycles. The molecular weight excluding hydrogens is 316 g/mol. The smallest absolute Gasteiger partial charge is 0.303 e. The first-order chi connectivity index (χ1) is 11.0. The van der Waals surface area contributed by atoms with Crippen molar-refractivity contribution >= 4 is 34.9 Å². The molecule has 2 rings (SSSR count). The Morgan fingerprint density at radius 2 is 2.17 bits per heavy atom. The molecular formula is C17H23ClN2O3. The monoisotopic (exact) mass is 338 g/mol. The molecule has 1 unspecified atom stereocenters. The second kappa shape index (κ2) is 8.20. The van der Waals surface area contributed by atoms with Crippen molar-refractivity contribution in [2.45, 2.75) is 39.0 Å². The Labute approximate surface area is 141 Å². The molecule has 1 aliphatic rings. The highest BCUT2D eigenvalue weighted by Gasteiger charge is 2.20. The number of rotatable bonds is 6. The lowest BCUT2D eigenvalue weighted by atomic mass is 9.99. The summed E-state index contributed by atoms with van der Waals surface area (Å²) in [6, 6.07) is 5.52. The highest BCUT2D eigenvalue weighted by atomic mass is 35.5. The molecule has 0 saturated carbocycles. The zero-order chi connectivity index (χ0) is 16.8. The summed E-state index contributed by atoms with van der Waals surface area (Å²) in [5.41, 5.74) is 1.68. The van der Waals surface area contributed by atoms with E-state index in [0.717, 1.165) is 25.2 Å². The van der Waals surface area contributed by atoms with Crippen LogP contribution in [0.2, 0.25) is 5.02 Å². The maximum Gasteiger partial charge on any atom is 0.303 e. The van der Waals surface area contributed by atoms with Gasteiger partial charge in [0.15, 0.2) is 0 Å². The van der Waals surface area contributed by atoms with Gasteiger partial charge in [-0.1, -0.05) is 18.5 Å². The summed E-state index contributed by atoms with van der Waals surface area (Å²) in [7, 11) is 0. The molecule has 1 aromatic carbocycles. The molecule has 6 heteroatoms. The fourth-order valence-corrected chi connectivity index (χ4v) is 3.08. The lowest BCUT2D eigenvalue weighted by Gasteiger charge is -2.34. The number of amides is 1. The third kappa shape index (κ3) is 5.43. The summed E-state index contributed by atoms with van der Waals surface area (Å²) in [5, 5.41) is 12.1. The van der Waals surface area contributed by atoms with Gasteiger partial charge in [-0.15, -0.1) is 0 Å². The van der Waals surface area contributed by atoms with E-state index in [9.17, 15) is 9.59 Å². The number of anilines is 2. The van der Waals surface area contributed by atoms with Gasteiger partial charge in [-0.05, 0) is 43.4 Å². The number of carbonyl (C=O) groups excluding carboxylic acids is 1. The number of carbonyl (C=O) groups is 2. The standard InChI is InChI=1S/C17H23ClN2O3/c1-12-4-3-9-20(11-12)15-8-7-13(18)10-14(15)19-16(21)5-2-6-17(22)23/h7-8,10,12H,2-6,9,11H2,1H3,(H,19,21)(H,22,23). The highest BCUT2D eigenvalue weighted by molar-refractivity contribution is 6.31. The molecule has 0 spiro atoms. The second-order valence-electron chi connectivity index (χ2n) is 6.15. The van der Waals surface area contributed by atoms with Crippen LogP contribution in [0.3, 0.4) is 0 Å². The third-order valence-electron chi connectivity index (χ3n) is 4.02. The van der Waals surface area contributed by atoms with E-state index < -0.39 is 5.97 Å². The Kier molecular flexibility index (Phi) is 6.28. The first-order valence-corrected chi connectivity index (χ1v) is 8.39. The van der Waals surface area contributed by atoms with Crippen molar-refractivity contribution < 1.29 is 14.7 Å². The number of piperidine rings is 1. The van der Waals surface area contributed by atoms with Gasteiger partial charge in [0.1, 0.15) is 0 Å². The van der Waals surface area contributed by atoms with Crippen molar-refractivity contribution in [2.24, 2.45) is 5.92 Å². The first kappa shape index (κ1) is 17.6. The summed E-state index contributed by atoms with van der Waals surface area (Å²) >= 11 is 6.07. The topological polar surface area (TPSA) is 69.6 Å². The molecule has 1 aromatic rings. The summed E-state index contributed by atoms with van der Waals surface area (Å²) in [5.74, 6) is -0.443. The Morgan fingerprint density at radius 1 is 1.39 bits per heavy atom. The molecule has 0 bridgehead atoms. The van der Waals surface area contributed by atoms with Gasteiger partial charge >= 0.3 is 5.97 Å². The van der Waals surface area contributed by atoms with E-state index >= 15 is 0 Å². The van der Waals surface area contributed by atoms with Crippen molar-refractivity contribution in [3.8, 4) is 0 Å². The van der Waals surface area contributed by atoms with Crippen LogP contribution in [0, 0.1) is 5.92 Å². The van der Waals surface area contributed by atoms with Gasteiger partial charge < -0.3 is 15.3 Å². The zero-order valence-electron chi connectivity index (χ0n) is 13.3. The average Bonchev–Trinajstić information content (AvgIpc) is 2.47. The van der Waals surface area contributed by atoms with E-state index in [4.69, 9.17) is 16.7 Å². The van der Waals surface area contributed by atoms with Crippen molar-refractivity contribution in [3.05, 3.63) is 23.2 Å². The summed E-state index contributed by atoms with van der Waals surface area (Å²) in [4.78, 5) is 24.8. The molecule has 0 aliphatic carbocycles. The van der Waals surface area contributed by atoms with E-state index in [1.54, 1.807) is 6.07 Å². The van der Waals surface area contributed by atoms with Crippen LogP contribution < -0.4 is 10.2 Å². The molecule has 2 N–H and O–H groups in total. The molecule has 1 atom stereocenters. The Bertz CT molecular complexity index is 577. The molecule has 1 fully saturated rings. The Hall–Kier alpha value is -1.75. The van der Waals surface area contributed by atoms with Crippen LogP contribution in [0.25, 0.3) is 0 Å². The Morgan fingerprint density at radius 3 is 2.87 bits per heavy atom. The number of carboxylic acid groups (broad SMARTS) is 1. The molecule has 1 heterocycles. The SMILES string of the molecule is CC1CCCN(c2ccc(Cl)cc2NC(=O)CCCC(=O)O)C1. The Balaban J connectivity index is 2.06. The van der Waals surface area contributed by atoms with Crippen molar-refractivity contribution in [1.82, 2.24) is 0 Å². The van der Waals surface area contributed by atoms with E-state index in [-0.39, 0.29) is 18.7 Å². The summed E-state index contributed by atoms with van der Waals surface area (Å²) < 4.78 is 0. The van der Waals surface area contributed by atoms with Gasteiger partial charge in [0.25, 0.3) is 0 Å². The molecule has 23 heavy (non-hydrogen) atoms. The van der Waals surface area contributed by atoms with Crippen LogP contribution in [0.1, 0.15) is 39.0 Å². The summed E-state index contributed by atoms with van der Waals surface area (Å²) in [6.45, 7) is 4.16. The maximum atomic E-state index is 12.0. The van der Waals surface area contributed by atoms with Crippen LogP contribution in [0.15, 0.2) is 18.2 Å². The lowest BCUT2D eigenvalue weighted by molar-refractivity contribution is -0.137. The molecule has 5 nitrogen and oxygen atoms in total. The summed E-state index contributed by atoms with van der Waals surface area (Å²) in [6.07, 6.45) is 2.88. The fourth-order valence-electron chi connectivity index (χ4n) is 2.91. The molecule has 0 radical (unpaired) electrons. The van der Waals surface area contributed by atoms with E-state index in [1.165, 1.54) is 6.42 Å². The minimum absolute atomic E-state index is 0.000533. The van der Waals surface area contributed by atoms with Crippen LogP contribution in [-0.2, 0) is 9.59 Å². The number of halogens is 1. The largest absolute Gasteiger partial charge is 0.481 e. The van der Waals surface area contributed by atoms with Crippen molar-refractivity contribution in [2.75, 3.05) is 23.3 Å². The third-order valence-corrected chi connectivity index (χ3v) is 4.26. The predicted octanol–water partition coefficient (Wildman–Crippen LogP) is 3.77. The molecule has 0 aromatic heterocycles. The number of carboxylic acids is 1. The van der Waals surface area contributed by atoms with Gasteiger partial charge in [-0.3, -0.25) is 9.59 Å². The number of nitrogens with zero attached hydrogens (tertiary/aromatic N) is 1. The van der Waals surface area contributed by atoms with Crippen LogP contribution in [0.5, 0.6) is 0 Å². The average molecular weight is 339 g/mol. The van der Waals surface area contributed by atoms with Gasteiger partial charge in [0.2, 0.25) is 5.91 Å². The van der Waals surface area contributed by atoms with E-state index in [0.29, 0.717) is 23.0 Å². The number of nitrogens with one attached hydrogen (secondary N) is 1. The van der Waals surface area contributed by atoms with E-state index in [2.05, 4.69) is 17.1 Å². The number of benzene rings is 1. The fraction of sp³-hybridized carbons (Fsp3) is 0.529. The molecule has 1 saturated heterocycles. The minimum Gasteiger partial charge on any atom is -0.481 e. The zero-order valence-corrected chi connectivity index (χ0v) is 14.1. The van der Waals surface area contributed by atoms with Crippen molar-refractivity contribution in [3.63, 3.8) is 0 Å². The van der Waals surface area contributed by atoms with Gasteiger partial charge in [0.05, 0.1) is 11.4 Å². The van der Waals surface area contributed by atoms with Crippen LogP contribution in [0.4, 0.5) is 11.4 Å². The second-order valence-corrected chi connectivity index (χ2v) is 6.59. The van der Waals surface area contributed by atoms with Crippen molar-refractivity contribution in [1.29, 1.82) is 0 Å². The number of hydrogen-bond acceptors (Lipinski definition) is 3. The lowest BCUT2D eigenvalue weighted by Crippen LogP contribution is -2.34. The molecule has 126 valence electrons. The van der Waals surface area contributed by atoms with E-state index in [1.807, 2.05) is 12.1 Å². The molecule has 1 amide bonds. The predicted molar refractivity (Wildman–Crippen MR) is 92.2 cm³/mol. The quantitative estimate of drug-likeness (QED) is 0.828. The minimum atomic E-state index is -0.886.